The van der Waals surface area contributed by atoms with Crippen LogP contribution < -0.4 is 5.32 Å². The van der Waals surface area contributed by atoms with E-state index in [9.17, 15) is 5.11 Å². The summed E-state index contributed by atoms with van der Waals surface area (Å²) >= 11 is 0. The highest BCUT2D eigenvalue weighted by Gasteiger charge is 2.25. The summed E-state index contributed by atoms with van der Waals surface area (Å²) < 4.78 is 1.71. The molecule has 0 aliphatic rings. The Balaban J connectivity index is 1.98. The molecule has 0 radical (unpaired) electrons. The fourth-order valence-corrected chi connectivity index (χ4v) is 2.44. The van der Waals surface area contributed by atoms with Gasteiger partial charge in [-0.2, -0.15) is 5.10 Å². The zero-order valence-electron chi connectivity index (χ0n) is 14.2. The molecular formula is C18H27N3O. The van der Waals surface area contributed by atoms with Crippen LogP contribution in [0.3, 0.4) is 0 Å². The Bertz CT molecular complexity index is 599. The molecule has 4 nitrogen and oxygen atoms in total. The third-order valence-electron chi connectivity index (χ3n) is 4.18. The molecule has 0 aliphatic heterocycles. The van der Waals surface area contributed by atoms with E-state index in [0.29, 0.717) is 12.5 Å². The second-order valence-electron chi connectivity index (χ2n) is 6.60. The molecule has 0 saturated carbocycles. The largest absolute Gasteiger partial charge is 0.384 e. The second-order valence-corrected chi connectivity index (χ2v) is 6.60. The highest BCUT2D eigenvalue weighted by atomic mass is 16.3. The van der Waals surface area contributed by atoms with Crippen molar-refractivity contribution >= 4 is 0 Å². The van der Waals surface area contributed by atoms with Crippen LogP contribution in [0.5, 0.6) is 0 Å². The molecule has 22 heavy (non-hydrogen) atoms. The number of aromatic nitrogens is 2. The molecule has 0 spiro atoms. The van der Waals surface area contributed by atoms with Crippen LogP contribution in [-0.2, 0) is 12.6 Å². The van der Waals surface area contributed by atoms with Crippen molar-refractivity contribution in [1.82, 2.24) is 15.1 Å². The smallest absolute Gasteiger partial charge is 0.102 e. The highest BCUT2D eigenvalue weighted by molar-refractivity contribution is 5.26. The third kappa shape index (κ3) is 3.96. The van der Waals surface area contributed by atoms with Crippen molar-refractivity contribution < 1.29 is 5.11 Å². The van der Waals surface area contributed by atoms with Crippen molar-refractivity contribution in [3.8, 4) is 0 Å². The van der Waals surface area contributed by atoms with Gasteiger partial charge in [0.2, 0.25) is 0 Å². The van der Waals surface area contributed by atoms with Gasteiger partial charge in [-0.25, -0.2) is 0 Å². The Morgan fingerprint density at radius 1 is 1.18 bits per heavy atom. The van der Waals surface area contributed by atoms with Gasteiger partial charge >= 0.3 is 0 Å². The lowest BCUT2D eigenvalue weighted by Crippen LogP contribution is -2.36. The average Bonchev–Trinajstić information content (AvgIpc) is 2.92. The molecule has 1 aromatic carbocycles. The minimum atomic E-state index is -0.930. The van der Waals surface area contributed by atoms with Gasteiger partial charge in [0.15, 0.2) is 0 Å². The molecule has 0 saturated heterocycles. The predicted molar refractivity (Wildman–Crippen MR) is 89.7 cm³/mol. The molecule has 0 bridgehead atoms. The van der Waals surface area contributed by atoms with Crippen molar-refractivity contribution in [3.63, 3.8) is 0 Å². The first-order valence-electron chi connectivity index (χ1n) is 7.84. The van der Waals surface area contributed by atoms with Crippen LogP contribution >= 0.6 is 0 Å². The molecule has 0 fully saturated rings. The average molecular weight is 301 g/mol. The SMILES string of the molecule is CC(C)c1ccc(C(C)NCC(C)(O)c2cnn(C)c2)cc1. The summed E-state index contributed by atoms with van der Waals surface area (Å²) in [6.45, 7) is 8.80. The van der Waals surface area contributed by atoms with Gasteiger partial charge in [0.25, 0.3) is 0 Å². The van der Waals surface area contributed by atoms with E-state index in [1.807, 2.05) is 20.2 Å². The molecule has 120 valence electrons. The molecule has 0 amide bonds. The van der Waals surface area contributed by atoms with Crippen LogP contribution in [0.25, 0.3) is 0 Å². The molecule has 1 aromatic heterocycles. The summed E-state index contributed by atoms with van der Waals surface area (Å²) in [6.07, 6.45) is 3.56. The van der Waals surface area contributed by atoms with Gasteiger partial charge in [-0.05, 0) is 30.9 Å². The number of benzene rings is 1. The molecule has 4 heteroatoms. The fourth-order valence-electron chi connectivity index (χ4n) is 2.44. The van der Waals surface area contributed by atoms with E-state index in [0.717, 1.165) is 5.56 Å². The Morgan fingerprint density at radius 3 is 2.27 bits per heavy atom. The number of nitrogens with one attached hydrogen (secondary N) is 1. The summed E-state index contributed by atoms with van der Waals surface area (Å²) in [5.74, 6) is 0.545. The molecule has 2 atom stereocenters. The van der Waals surface area contributed by atoms with Gasteiger partial charge in [-0.15, -0.1) is 0 Å². The van der Waals surface area contributed by atoms with Gasteiger partial charge in [0, 0.05) is 31.4 Å². The second kappa shape index (κ2) is 6.63. The minimum Gasteiger partial charge on any atom is -0.384 e. The van der Waals surface area contributed by atoms with Crippen molar-refractivity contribution in [1.29, 1.82) is 0 Å². The first kappa shape index (κ1) is 16.7. The van der Waals surface area contributed by atoms with Crippen LogP contribution in [0, 0.1) is 0 Å². The van der Waals surface area contributed by atoms with Gasteiger partial charge < -0.3 is 10.4 Å². The van der Waals surface area contributed by atoms with E-state index in [1.54, 1.807) is 10.9 Å². The monoisotopic (exact) mass is 301 g/mol. The maximum Gasteiger partial charge on any atom is 0.102 e. The summed E-state index contributed by atoms with van der Waals surface area (Å²) in [7, 11) is 1.85. The molecule has 0 aliphatic carbocycles. The quantitative estimate of drug-likeness (QED) is 0.862. The first-order valence-corrected chi connectivity index (χ1v) is 7.84. The fraction of sp³-hybridized carbons (Fsp3) is 0.500. The third-order valence-corrected chi connectivity index (χ3v) is 4.18. The minimum absolute atomic E-state index is 0.185. The molecular weight excluding hydrogens is 274 g/mol. The lowest BCUT2D eigenvalue weighted by Gasteiger charge is -2.25. The van der Waals surface area contributed by atoms with E-state index in [4.69, 9.17) is 0 Å². The van der Waals surface area contributed by atoms with Gasteiger partial charge in [-0.1, -0.05) is 38.1 Å². The van der Waals surface area contributed by atoms with Crippen LogP contribution in [0.15, 0.2) is 36.7 Å². The number of rotatable bonds is 6. The first-order chi connectivity index (χ1) is 10.3. The number of hydrogen-bond acceptors (Lipinski definition) is 3. The molecule has 2 rings (SSSR count). The van der Waals surface area contributed by atoms with Gasteiger partial charge in [0.05, 0.1) is 6.20 Å². The van der Waals surface area contributed by atoms with Crippen molar-refractivity contribution in [2.75, 3.05) is 6.54 Å². The van der Waals surface area contributed by atoms with E-state index in [2.05, 4.69) is 55.5 Å². The Labute approximate surface area is 133 Å². The van der Waals surface area contributed by atoms with E-state index in [1.165, 1.54) is 11.1 Å². The lowest BCUT2D eigenvalue weighted by molar-refractivity contribution is 0.0543. The topological polar surface area (TPSA) is 50.1 Å². The molecule has 2 N–H and O–H groups in total. The zero-order valence-corrected chi connectivity index (χ0v) is 14.2. The van der Waals surface area contributed by atoms with Crippen molar-refractivity contribution in [2.24, 2.45) is 7.05 Å². The van der Waals surface area contributed by atoms with E-state index < -0.39 is 5.60 Å². The number of aryl methyl sites for hydroxylation is 1. The highest BCUT2D eigenvalue weighted by Crippen LogP contribution is 2.22. The Hall–Kier alpha value is -1.65. The Morgan fingerprint density at radius 2 is 1.77 bits per heavy atom. The van der Waals surface area contributed by atoms with Crippen LogP contribution in [0.2, 0.25) is 0 Å². The summed E-state index contributed by atoms with van der Waals surface area (Å²) in [5.41, 5.74) is 2.47. The number of hydrogen-bond donors (Lipinski definition) is 2. The molecule has 2 unspecified atom stereocenters. The van der Waals surface area contributed by atoms with Crippen LogP contribution in [0.4, 0.5) is 0 Å². The standard InChI is InChI=1S/C18H27N3O/c1-13(2)15-6-8-16(9-7-15)14(3)19-12-18(4,22)17-10-20-21(5)11-17/h6-11,13-14,19,22H,12H2,1-5H3. The van der Waals surface area contributed by atoms with Crippen molar-refractivity contribution in [3.05, 3.63) is 53.3 Å². The van der Waals surface area contributed by atoms with E-state index >= 15 is 0 Å². The molecule has 2 aromatic rings. The number of aliphatic hydroxyl groups is 1. The van der Waals surface area contributed by atoms with Gasteiger partial charge in [0.1, 0.15) is 5.60 Å². The summed E-state index contributed by atoms with van der Waals surface area (Å²) in [6, 6.07) is 8.86. The van der Waals surface area contributed by atoms with Crippen LogP contribution in [0.1, 0.15) is 56.3 Å². The summed E-state index contributed by atoms with van der Waals surface area (Å²) in [5, 5.41) is 18.1. The zero-order chi connectivity index (χ0) is 16.3. The van der Waals surface area contributed by atoms with Crippen molar-refractivity contribution in [2.45, 2.75) is 45.3 Å². The van der Waals surface area contributed by atoms with Gasteiger partial charge in [-0.3, -0.25) is 4.68 Å². The Kier molecular flexibility index (Phi) is 5.04. The van der Waals surface area contributed by atoms with Crippen LogP contribution in [-0.4, -0.2) is 21.4 Å². The summed E-state index contributed by atoms with van der Waals surface area (Å²) in [4.78, 5) is 0. The lowest BCUT2D eigenvalue weighted by atomic mass is 9.97. The van der Waals surface area contributed by atoms with E-state index in [-0.39, 0.29) is 6.04 Å². The maximum absolute atomic E-state index is 10.6. The molecule has 1 heterocycles. The normalized spacial score (nSPS) is 15.8. The predicted octanol–water partition coefficient (Wildman–Crippen LogP) is 3.10. The number of nitrogens with zero attached hydrogens (tertiary/aromatic N) is 2. The maximum atomic E-state index is 10.6.